The molecule has 394 valence electrons. The summed E-state index contributed by atoms with van der Waals surface area (Å²) in [5.74, 6) is 0.516. The maximum Gasteiger partial charge on any atom is 0.481 e. The largest absolute Gasteiger partial charge is 0.481 e. The van der Waals surface area contributed by atoms with Gasteiger partial charge in [0.15, 0.2) is 22.8 Å². The molecule has 28 heteroatoms. The van der Waals surface area contributed by atoms with Gasteiger partial charge in [-0.3, -0.25) is 32.5 Å². The third-order valence-corrected chi connectivity index (χ3v) is 15.0. The van der Waals surface area contributed by atoms with Crippen molar-refractivity contribution >= 4 is 69.1 Å². The van der Waals surface area contributed by atoms with Crippen LogP contribution in [0.3, 0.4) is 0 Å². The molecule has 0 bridgehead atoms. The van der Waals surface area contributed by atoms with Gasteiger partial charge in [-0.25, -0.2) is 28.6 Å². The molecule has 1 saturated heterocycles. The zero-order valence-electron chi connectivity index (χ0n) is 39.9. The molecule has 2 amide bonds. The number of nitrogens with zero attached hydrogens (tertiary/aromatic N) is 4. The highest BCUT2D eigenvalue weighted by molar-refractivity contribution is 8.13. The normalized spacial score (nSPS) is 20.5. The van der Waals surface area contributed by atoms with Gasteiger partial charge in [-0.1, -0.05) is 97.1 Å². The third-order valence-electron chi connectivity index (χ3n) is 11.0. The fourth-order valence-corrected chi connectivity index (χ4v) is 10.6. The number of nitrogens with one attached hydrogen (secondary N) is 2. The quantitative estimate of drug-likeness (QED) is 0.0247. The lowest BCUT2D eigenvalue weighted by molar-refractivity contribution is -0.137. The van der Waals surface area contributed by atoms with E-state index in [-0.39, 0.29) is 41.6 Å². The standard InChI is InChI=1S/C41H72N7O17P3S/c1-28(2)16-15-18-29(3)17-13-11-9-7-6-8-10-12-14-19-32(50)69-23-22-43-31(49)20-21-44-39(53)36(52)41(4,5)25-62-68(59,60)65-67(57,58)61-24-30-35(64-66(54,55)56)34(51)40(63-30)48-27-47-33-37(42)45-26-46-38(33)48/h9,11,26-30,34-36,40,51-52H,6-8,10,12-25H2,1-5H3,(H,43,49)(H,44,53)(H,57,58)(H,59,60)(H2,42,45,46)(H2,54,55,56)/b11-9-/t29?,30-,34-,35-,36+,40-/m1/s1. The van der Waals surface area contributed by atoms with Crippen LogP contribution in [0.1, 0.15) is 124 Å². The van der Waals surface area contributed by atoms with Crippen LogP contribution in [0.25, 0.3) is 11.2 Å². The van der Waals surface area contributed by atoms with Crippen molar-refractivity contribution in [3.63, 3.8) is 0 Å². The van der Waals surface area contributed by atoms with Gasteiger partial charge < -0.3 is 50.9 Å². The van der Waals surface area contributed by atoms with E-state index < -0.39 is 84.6 Å². The summed E-state index contributed by atoms with van der Waals surface area (Å²) in [5.41, 5.74) is 4.29. The number of aromatic nitrogens is 4. The SMILES string of the molecule is CC(C)CCCC(C)CC/C=C\CCCCCCCC(=O)SCCNC(=O)CCNC(=O)[C@H](O)C(C)(C)COP(=O)(O)OP(=O)(O)OC[C@H]1O[C@@H](n2cnc3c(N)ncnc32)[C@H](O)[C@@H]1OP(=O)(O)O. The highest BCUT2D eigenvalue weighted by Gasteiger charge is 2.50. The molecular weight excluding hydrogens is 987 g/mol. The predicted molar refractivity (Wildman–Crippen MR) is 256 cm³/mol. The minimum absolute atomic E-state index is 0.0328. The van der Waals surface area contributed by atoms with Crippen molar-refractivity contribution in [2.75, 3.05) is 37.8 Å². The van der Waals surface area contributed by atoms with E-state index in [4.69, 9.17) is 19.5 Å². The Bertz CT molecular complexity index is 2110. The van der Waals surface area contributed by atoms with Crippen LogP contribution < -0.4 is 16.4 Å². The zero-order valence-corrected chi connectivity index (χ0v) is 43.4. The summed E-state index contributed by atoms with van der Waals surface area (Å²) in [4.78, 5) is 88.5. The first-order valence-electron chi connectivity index (χ1n) is 23.0. The van der Waals surface area contributed by atoms with Crippen LogP contribution >= 0.6 is 35.2 Å². The summed E-state index contributed by atoms with van der Waals surface area (Å²) in [6.07, 6.45) is 10.8. The lowest BCUT2D eigenvalue weighted by atomic mass is 9.87. The van der Waals surface area contributed by atoms with Gasteiger partial charge in [0.1, 0.15) is 36.3 Å². The molecule has 2 aromatic heterocycles. The Morgan fingerprint density at radius 3 is 2.29 bits per heavy atom. The number of phosphoric ester groups is 3. The van der Waals surface area contributed by atoms with Crippen LogP contribution in [0.5, 0.6) is 0 Å². The Balaban J connectivity index is 1.29. The topological polar surface area (TPSA) is 364 Å². The second kappa shape index (κ2) is 29.1. The molecule has 3 unspecified atom stereocenters. The molecule has 0 aromatic carbocycles. The Labute approximate surface area is 407 Å². The highest BCUT2D eigenvalue weighted by Crippen LogP contribution is 2.61. The Kier molecular flexibility index (Phi) is 25.6. The molecule has 1 aliphatic rings. The van der Waals surface area contributed by atoms with Crippen molar-refractivity contribution < 1.29 is 80.5 Å². The molecule has 0 saturated carbocycles. The van der Waals surface area contributed by atoms with Gasteiger partial charge in [-0.15, -0.1) is 0 Å². The molecule has 10 N–H and O–H groups in total. The molecule has 8 atom stereocenters. The van der Waals surface area contributed by atoms with E-state index in [9.17, 15) is 57.9 Å². The number of allylic oxidation sites excluding steroid dienone is 2. The maximum atomic E-state index is 12.7. The second-order valence-corrected chi connectivity index (χ2v) is 23.5. The average molecular weight is 1060 g/mol. The molecule has 0 radical (unpaired) electrons. The van der Waals surface area contributed by atoms with E-state index in [0.717, 1.165) is 85.8 Å². The summed E-state index contributed by atoms with van der Waals surface area (Å²) in [6, 6.07) is 0. The number of thioether (sulfide) groups is 1. The van der Waals surface area contributed by atoms with Gasteiger partial charge in [0.2, 0.25) is 11.8 Å². The van der Waals surface area contributed by atoms with Crippen LogP contribution in [-0.4, -0.2) is 123 Å². The van der Waals surface area contributed by atoms with Gasteiger partial charge in [-0.2, -0.15) is 4.31 Å². The van der Waals surface area contributed by atoms with Crippen LogP contribution in [0.4, 0.5) is 5.82 Å². The van der Waals surface area contributed by atoms with Gasteiger partial charge >= 0.3 is 23.5 Å². The minimum Gasteiger partial charge on any atom is -0.386 e. The number of phosphoric acid groups is 3. The van der Waals surface area contributed by atoms with Gasteiger partial charge in [0.05, 0.1) is 19.5 Å². The van der Waals surface area contributed by atoms with Crippen LogP contribution in [0.2, 0.25) is 0 Å². The fraction of sp³-hybridized carbons (Fsp3) is 0.756. The Morgan fingerprint density at radius 1 is 0.899 bits per heavy atom. The number of nitrogen functional groups attached to an aromatic ring is 1. The number of hydrogen-bond acceptors (Lipinski definition) is 18. The number of nitrogens with two attached hydrogens (primary N) is 1. The molecule has 0 aliphatic carbocycles. The van der Waals surface area contributed by atoms with Gasteiger partial charge in [-0.05, 0) is 43.9 Å². The minimum atomic E-state index is -5.58. The first-order chi connectivity index (χ1) is 32.3. The van der Waals surface area contributed by atoms with Crippen molar-refractivity contribution in [1.82, 2.24) is 30.2 Å². The van der Waals surface area contributed by atoms with E-state index in [1.807, 2.05) is 0 Å². The number of aliphatic hydroxyl groups is 2. The number of carbonyl (C=O) groups is 3. The molecule has 2 aromatic rings. The molecule has 24 nitrogen and oxygen atoms in total. The van der Waals surface area contributed by atoms with Crippen LogP contribution in [0.15, 0.2) is 24.8 Å². The van der Waals surface area contributed by atoms with Crippen molar-refractivity contribution in [1.29, 1.82) is 0 Å². The maximum absolute atomic E-state index is 12.7. The van der Waals surface area contributed by atoms with E-state index in [2.05, 4.69) is 67.3 Å². The van der Waals surface area contributed by atoms with Crippen LogP contribution in [-0.2, 0) is 50.7 Å². The number of amides is 2. The van der Waals surface area contributed by atoms with Gasteiger partial charge in [0.25, 0.3) is 0 Å². The third kappa shape index (κ3) is 22.7. The molecule has 3 heterocycles. The van der Waals surface area contributed by atoms with Crippen molar-refractivity contribution in [2.45, 2.75) is 149 Å². The summed E-state index contributed by atoms with van der Waals surface area (Å²) < 4.78 is 62.5. The first-order valence-corrected chi connectivity index (χ1v) is 28.5. The van der Waals surface area contributed by atoms with E-state index in [1.54, 1.807) is 0 Å². The number of unbranched alkanes of at least 4 members (excludes halogenated alkanes) is 5. The van der Waals surface area contributed by atoms with Crippen molar-refractivity contribution in [2.24, 2.45) is 17.3 Å². The summed E-state index contributed by atoms with van der Waals surface area (Å²) in [6.45, 7) is 7.45. The number of rotatable bonds is 34. The monoisotopic (exact) mass is 1060 g/mol. The molecule has 3 rings (SSSR count). The molecule has 0 spiro atoms. The molecule has 1 fully saturated rings. The second-order valence-electron chi connectivity index (χ2n) is 18.1. The lowest BCUT2D eigenvalue weighted by Gasteiger charge is -2.30. The summed E-state index contributed by atoms with van der Waals surface area (Å²) in [7, 11) is -16.4. The number of imidazole rings is 1. The average Bonchev–Trinajstić information content (AvgIpc) is 3.82. The van der Waals surface area contributed by atoms with Crippen molar-refractivity contribution in [3.05, 3.63) is 24.8 Å². The Morgan fingerprint density at radius 2 is 1.58 bits per heavy atom. The smallest absolute Gasteiger partial charge is 0.386 e. The highest BCUT2D eigenvalue weighted by atomic mass is 32.2. The number of hydrogen-bond donors (Lipinski definition) is 9. The molecule has 1 aliphatic heterocycles. The van der Waals surface area contributed by atoms with Gasteiger partial charge in [0, 0.05) is 37.1 Å². The van der Waals surface area contributed by atoms with E-state index in [0.29, 0.717) is 12.2 Å². The number of aliphatic hydroxyl groups excluding tert-OH is 2. The lowest BCUT2D eigenvalue weighted by Crippen LogP contribution is -2.46. The molecular formula is C41H72N7O17P3S. The van der Waals surface area contributed by atoms with Crippen molar-refractivity contribution in [3.8, 4) is 0 Å². The zero-order chi connectivity index (χ0) is 51.4. The Hall–Kier alpha value is -2.70. The van der Waals surface area contributed by atoms with E-state index >= 15 is 0 Å². The summed E-state index contributed by atoms with van der Waals surface area (Å²) in [5, 5.41) is 26.7. The number of anilines is 1. The van der Waals surface area contributed by atoms with E-state index in [1.165, 1.54) is 39.5 Å². The molecule has 69 heavy (non-hydrogen) atoms. The number of carbonyl (C=O) groups excluding carboxylic acids is 3. The summed E-state index contributed by atoms with van der Waals surface area (Å²) >= 11 is 1.15. The number of ether oxygens (including phenoxy) is 1. The fourth-order valence-electron chi connectivity index (χ4n) is 7.06. The predicted octanol–water partition coefficient (Wildman–Crippen LogP) is 5.19. The number of fused-ring (bicyclic) bond motifs is 1. The van der Waals surface area contributed by atoms with Crippen LogP contribution in [0, 0.1) is 17.3 Å². The first kappa shape index (κ1) is 60.6.